The Morgan fingerprint density at radius 1 is 1.00 bits per heavy atom. The number of hydrogen-bond donors (Lipinski definition) is 0. The lowest BCUT2D eigenvalue weighted by molar-refractivity contribution is 2.00. The smallest absolute Gasteiger partial charge is 0.0316 e. The van der Waals surface area contributed by atoms with E-state index in [0.717, 1.165) is 0 Å². The second-order valence-corrected chi connectivity index (χ2v) is 0.471. The fraction of sp³-hybridized carbons (Fsp3) is 0. The van der Waals surface area contributed by atoms with Crippen LogP contribution in [0.25, 0.3) is 0 Å². The average molecular weight is 54.1 g/mol. The third kappa shape index (κ3) is 1.74. The molecular weight excluding hydrogens is 48.0 g/mol. The molecule has 2 radical (unpaired) electrons. The zero-order chi connectivity index (χ0) is 3.41. The third-order valence-electron chi connectivity index (χ3n) is 0.167. The van der Waals surface area contributed by atoms with E-state index in [1.54, 1.807) is 12.2 Å². The molecule has 0 aromatic heterocycles. The van der Waals surface area contributed by atoms with Gasteiger partial charge in [0, 0.05) is 0 Å². The Hall–Kier alpha value is -0.260. The summed E-state index contributed by atoms with van der Waals surface area (Å²) >= 11 is 0. The second-order valence-electron chi connectivity index (χ2n) is 0.471. The molecule has 0 atom stereocenters. The van der Waals surface area contributed by atoms with Crippen molar-refractivity contribution in [2.45, 2.75) is 0 Å². The van der Waals surface area contributed by atoms with E-state index in [1.165, 1.54) is 0 Å². The van der Waals surface area contributed by atoms with Crippen molar-refractivity contribution in [1.82, 2.24) is 0 Å². The first kappa shape index (κ1) is 3.74. The minimum atomic E-state index is 1.64. The maximum absolute atomic E-state index is 3.36. The maximum atomic E-state index is 3.36. The van der Waals surface area contributed by atoms with Gasteiger partial charge in [0.05, 0.1) is 0 Å². The van der Waals surface area contributed by atoms with Gasteiger partial charge < -0.3 is 0 Å². The van der Waals surface area contributed by atoms with Gasteiger partial charge in [-0.3, -0.25) is 0 Å². The van der Waals surface area contributed by atoms with Crippen LogP contribution in [0, 0.1) is 13.8 Å². The molecule has 0 heterocycles. The van der Waals surface area contributed by atoms with Crippen molar-refractivity contribution in [1.29, 1.82) is 0 Å². The van der Waals surface area contributed by atoms with Crippen molar-refractivity contribution in [3.05, 3.63) is 26.0 Å². The summed E-state index contributed by atoms with van der Waals surface area (Å²) in [5.41, 5.74) is 0. The van der Waals surface area contributed by atoms with Gasteiger partial charge in [-0.1, -0.05) is 12.2 Å². The van der Waals surface area contributed by atoms with Crippen molar-refractivity contribution < 1.29 is 0 Å². The summed E-state index contributed by atoms with van der Waals surface area (Å²) in [7, 11) is 0. The van der Waals surface area contributed by atoms with Gasteiger partial charge >= 0.3 is 0 Å². The molecule has 4 heavy (non-hydrogen) atoms. The summed E-state index contributed by atoms with van der Waals surface area (Å²) in [6.45, 7) is 6.72. The van der Waals surface area contributed by atoms with Crippen LogP contribution >= 0.6 is 0 Å². The first-order valence-corrected chi connectivity index (χ1v) is 1.15. The molecule has 22 valence electrons. The average Bonchev–Trinajstić information content (AvgIpc) is 1.37. The van der Waals surface area contributed by atoms with Gasteiger partial charge in [0.25, 0.3) is 0 Å². The SMILES string of the molecule is [CH2]/C=C/[CH2]. The molecule has 0 aliphatic heterocycles. The summed E-state index contributed by atoms with van der Waals surface area (Å²) < 4.78 is 0. The standard InChI is InChI=1S/C4H6/c1-3-4-2/h3-4H,1-2H2/b4-3+. The van der Waals surface area contributed by atoms with Gasteiger partial charge in [-0.25, -0.2) is 0 Å². The van der Waals surface area contributed by atoms with Gasteiger partial charge in [0.15, 0.2) is 0 Å². The molecule has 0 saturated carbocycles. The van der Waals surface area contributed by atoms with E-state index in [9.17, 15) is 0 Å². The first-order valence-electron chi connectivity index (χ1n) is 1.15. The lowest BCUT2D eigenvalue weighted by atomic mass is 10.6. The van der Waals surface area contributed by atoms with Gasteiger partial charge in [0.1, 0.15) is 0 Å². The highest BCUT2D eigenvalue weighted by molar-refractivity contribution is 4.85. The Kier molecular flexibility index (Phi) is 2.56. The topological polar surface area (TPSA) is 0 Å². The monoisotopic (exact) mass is 54.0 g/mol. The van der Waals surface area contributed by atoms with Gasteiger partial charge in [-0.2, -0.15) is 0 Å². The number of rotatable bonds is 0. The second kappa shape index (κ2) is 2.74. The Labute approximate surface area is 27.1 Å². The molecule has 0 aliphatic rings. The molecule has 0 fully saturated rings. The molecule has 0 rings (SSSR count). The summed E-state index contributed by atoms with van der Waals surface area (Å²) in [6, 6.07) is 0. The molecule has 0 heteroatoms. The highest BCUT2D eigenvalue weighted by Crippen LogP contribution is 1.55. The Bertz CT molecular complexity index is 15.2. The van der Waals surface area contributed by atoms with Crippen LogP contribution in [0.15, 0.2) is 12.2 Å². The van der Waals surface area contributed by atoms with E-state index >= 15 is 0 Å². The fourth-order valence-electron chi connectivity index (χ4n) is 0. The van der Waals surface area contributed by atoms with Crippen molar-refractivity contribution in [3.8, 4) is 0 Å². The lowest BCUT2D eigenvalue weighted by Crippen LogP contribution is -1.28. The Balaban J connectivity index is 2.55. The van der Waals surface area contributed by atoms with Gasteiger partial charge in [0.2, 0.25) is 0 Å². The molecule has 0 unspecified atom stereocenters. The van der Waals surface area contributed by atoms with Crippen LogP contribution < -0.4 is 0 Å². The highest BCUT2D eigenvalue weighted by atomic mass is 13.4. The molecule has 0 saturated heterocycles. The summed E-state index contributed by atoms with van der Waals surface area (Å²) in [5, 5.41) is 0. The zero-order valence-corrected chi connectivity index (χ0v) is 2.57. The maximum Gasteiger partial charge on any atom is -0.0316 e. The van der Waals surface area contributed by atoms with E-state index < -0.39 is 0 Å². The molecule has 0 amide bonds. The third-order valence-corrected chi connectivity index (χ3v) is 0.167. The summed E-state index contributed by atoms with van der Waals surface area (Å²) in [6.07, 6.45) is 3.28. The number of hydrogen-bond acceptors (Lipinski definition) is 0. The van der Waals surface area contributed by atoms with Crippen LogP contribution in [0.5, 0.6) is 0 Å². The molecule has 0 spiro atoms. The summed E-state index contributed by atoms with van der Waals surface area (Å²) in [4.78, 5) is 0. The molecule has 0 nitrogen and oxygen atoms in total. The molecule has 0 bridgehead atoms. The van der Waals surface area contributed by atoms with E-state index in [1.807, 2.05) is 0 Å². The van der Waals surface area contributed by atoms with E-state index in [2.05, 4.69) is 13.8 Å². The minimum Gasteiger partial charge on any atom is -0.0882 e. The van der Waals surface area contributed by atoms with E-state index in [-0.39, 0.29) is 0 Å². The van der Waals surface area contributed by atoms with Crippen LogP contribution in [-0.2, 0) is 0 Å². The van der Waals surface area contributed by atoms with Crippen LogP contribution in [0.3, 0.4) is 0 Å². The van der Waals surface area contributed by atoms with Crippen molar-refractivity contribution in [2.75, 3.05) is 0 Å². The largest absolute Gasteiger partial charge is 0.0882 e. The van der Waals surface area contributed by atoms with Crippen molar-refractivity contribution >= 4 is 0 Å². The predicted molar refractivity (Wildman–Crippen MR) is 19.9 cm³/mol. The van der Waals surface area contributed by atoms with Crippen LogP contribution in [0.2, 0.25) is 0 Å². The van der Waals surface area contributed by atoms with Gasteiger partial charge in [-0.05, 0) is 13.8 Å². The van der Waals surface area contributed by atoms with Crippen LogP contribution in [0.4, 0.5) is 0 Å². The minimum absolute atomic E-state index is 1.64. The predicted octanol–water partition coefficient (Wildman–Crippen LogP) is 1.21. The van der Waals surface area contributed by atoms with Crippen molar-refractivity contribution in [2.24, 2.45) is 0 Å². The molecule has 0 aromatic rings. The van der Waals surface area contributed by atoms with Crippen LogP contribution in [0.1, 0.15) is 0 Å². The first-order chi connectivity index (χ1) is 1.91. The van der Waals surface area contributed by atoms with Crippen LogP contribution in [-0.4, -0.2) is 0 Å². The molecule has 0 N–H and O–H groups in total. The fourth-order valence-corrected chi connectivity index (χ4v) is 0. The highest BCUT2D eigenvalue weighted by Gasteiger charge is 1.35. The lowest BCUT2D eigenvalue weighted by Gasteiger charge is -1.48. The molecule has 0 aromatic carbocycles. The zero-order valence-electron chi connectivity index (χ0n) is 2.57. The normalized spacial score (nSPS) is 9.50. The van der Waals surface area contributed by atoms with E-state index in [4.69, 9.17) is 0 Å². The van der Waals surface area contributed by atoms with Crippen molar-refractivity contribution in [3.63, 3.8) is 0 Å². The quantitative estimate of drug-likeness (QED) is 0.390. The van der Waals surface area contributed by atoms with E-state index in [0.29, 0.717) is 0 Å². The molecule has 0 aliphatic carbocycles. The number of allylic oxidation sites excluding steroid dienone is 2. The molecular formula is C4H6. The summed E-state index contributed by atoms with van der Waals surface area (Å²) in [5.74, 6) is 0. The Morgan fingerprint density at radius 3 is 1.25 bits per heavy atom. The van der Waals surface area contributed by atoms with Gasteiger partial charge in [-0.15, -0.1) is 0 Å². The Morgan fingerprint density at radius 2 is 1.25 bits per heavy atom.